The Bertz CT molecular complexity index is 1160. The van der Waals surface area contributed by atoms with Gasteiger partial charge in [-0.1, -0.05) is 71.5 Å². The maximum Gasteiger partial charge on any atom is 0.230 e. The van der Waals surface area contributed by atoms with Crippen molar-refractivity contribution in [3.8, 4) is 5.88 Å². The van der Waals surface area contributed by atoms with Gasteiger partial charge in [0.1, 0.15) is 5.82 Å². The highest BCUT2D eigenvalue weighted by Crippen LogP contribution is 2.41. The van der Waals surface area contributed by atoms with Crippen molar-refractivity contribution < 1.29 is 5.11 Å². The van der Waals surface area contributed by atoms with Gasteiger partial charge in [-0.15, -0.1) is 5.10 Å². The Morgan fingerprint density at radius 2 is 1.74 bits per heavy atom. The Kier molecular flexibility index (Phi) is 5.50. The number of rotatable bonds is 5. The van der Waals surface area contributed by atoms with Crippen molar-refractivity contribution in [3.05, 3.63) is 82.0 Å². The van der Waals surface area contributed by atoms with Crippen molar-refractivity contribution in [2.75, 3.05) is 13.1 Å². The number of thiazole rings is 1. The second-order valence-electron chi connectivity index (χ2n) is 8.63. The van der Waals surface area contributed by atoms with Crippen LogP contribution in [0.1, 0.15) is 46.3 Å². The number of hydrogen-bond donors (Lipinski definition) is 1. The molecule has 0 aliphatic carbocycles. The van der Waals surface area contributed by atoms with Crippen LogP contribution in [0.25, 0.3) is 4.96 Å². The number of fused-ring (bicyclic) bond motifs is 1. The smallest absolute Gasteiger partial charge is 0.230 e. The molecular weight excluding hydrogens is 404 g/mol. The maximum atomic E-state index is 11.0. The van der Waals surface area contributed by atoms with Gasteiger partial charge in [0.2, 0.25) is 10.8 Å². The number of aromatic hydroxyl groups is 1. The summed E-state index contributed by atoms with van der Waals surface area (Å²) in [4.78, 5) is 8.68. The molecule has 4 aromatic rings. The van der Waals surface area contributed by atoms with Crippen LogP contribution in [0, 0.1) is 19.8 Å². The van der Waals surface area contributed by atoms with Crippen molar-refractivity contribution >= 4 is 16.3 Å². The molecule has 1 aliphatic rings. The number of piperidine rings is 1. The number of hydrogen-bond acceptors (Lipinski definition) is 5. The molecule has 1 saturated heterocycles. The fraction of sp³-hybridized carbons (Fsp3) is 0.360. The lowest BCUT2D eigenvalue weighted by molar-refractivity contribution is 0.150. The summed E-state index contributed by atoms with van der Waals surface area (Å²) in [5.74, 6) is 1.61. The monoisotopic (exact) mass is 432 g/mol. The Labute approximate surface area is 187 Å². The lowest BCUT2D eigenvalue weighted by Crippen LogP contribution is -2.37. The molecule has 5 nitrogen and oxygen atoms in total. The molecule has 5 rings (SSSR count). The lowest BCUT2D eigenvalue weighted by Gasteiger charge is -2.37. The molecule has 1 aliphatic heterocycles. The number of aryl methyl sites for hydroxylation is 2. The first-order valence-corrected chi connectivity index (χ1v) is 11.8. The van der Waals surface area contributed by atoms with Crippen LogP contribution in [0.2, 0.25) is 0 Å². The number of nitrogens with zero attached hydrogens (tertiary/aromatic N) is 4. The van der Waals surface area contributed by atoms with Gasteiger partial charge in [0.05, 0.1) is 10.9 Å². The van der Waals surface area contributed by atoms with Gasteiger partial charge in [-0.2, -0.15) is 4.52 Å². The Balaban J connectivity index is 1.42. The second-order valence-corrected chi connectivity index (χ2v) is 9.63. The standard InChI is InChI=1S/C25H28N4OS/c1-17-8-10-21(11-9-17)22(23-24(30)29-25(31-23)26-18(2)27-29)28-14-12-20(13-15-28)16-19-6-4-3-5-7-19/h3-11,20,22,30H,12-16H2,1-2H3/t22-/m1/s1. The molecular formula is C25H28N4OS. The summed E-state index contributed by atoms with van der Waals surface area (Å²) in [7, 11) is 0. The van der Waals surface area contributed by atoms with Crippen molar-refractivity contribution in [2.45, 2.75) is 39.2 Å². The van der Waals surface area contributed by atoms with Gasteiger partial charge < -0.3 is 5.11 Å². The first kappa shape index (κ1) is 20.2. The summed E-state index contributed by atoms with van der Waals surface area (Å²) in [5, 5.41) is 15.4. The number of likely N-dealkylation sites (tertiary alicyclic amines) is 1. The van der Waals surface area contributed by atoms with E-state index in [0.717, 1.165) is 42.2 Å². The molecule has 0 spiro atoms. The van der Waals surface area contributed by atoms with Crippen LogP contribution >= 0.6 is 11.3 Å². The zero-order valence-corrected chi connectivity index (χ0v) is 18.8. The third-order valence-corrected chi connectivity index (χ3v) is 7.40. The third kappa shape index (κ3) is 4.10. The number of aromatic nitrogens is 3. The highest BCUT2D eigenvalue weighted by molar-refractivity contribution is 7.17. The molecule has 1 atom stereocenters. The predicted molar refractivity (Wildman–Crippen MR) is 125 cm³/mol. The molecule has 3 heterocycles. The summed E-state index contributed by atoms with van der Waals surface area (Å²) in [6, 6.07) is 19.5. The van der Waals surface area contributed by atoms with Crippen molar-refractivity contribution in [1.82, 2.24) is 19.5 Å². The van der Waals surface area contributed by atoms with E-state index in [2.05, 4.69) is 76.5 Å². The molecule has 160 valence electrons. The third-order valence-electron chi connectivity index (χ3n) is 6.33. The zero-order chi connectivity index (χ0) is 21.4. The van der Waals surface area contributed by atoms with E-state index >= 15 is 0 Å². The second kappa shape index (κ2) is 8.44. The van der Waals surface area contributed by atoms with E-state index in [1.54, 1.807) is 15.9 Å². The van der Waals surface area contributed by atoms with Gasteiger partial charge in [0.25, 0.3) is 0 Å². The minimum atomic E-state index is 0.0204. The summed E-state index contributed by atoms with van der Waals surface area (Å²) in [5.41, 5.74) is 3.88. The Hall–Kier alpha value is -2.70. The largest absolute Gasteiger partial charge is 0.492 e. The lowest BCUT2D eigenvalue weighted by atomic mass is 9.88. The van der Waals surface area contributed by atoms with Gasteiger partial charge in [-0.25, -0.2) is 4.98 Å². The van der Waals surface area contributed by atoms with Crippen LogP contribution in [0.4, 0.5) is 0 Å². The van der Waals surface area contributed by atoms with Gasteiger partial charge in [-0.3, -0.25) is 4.90 Å². The van der Waals surface area contributed by atoms with E-state index in [-0.39, 0.29) is 11.9 Å². The van der Waals surface area contributed by atoms with Gasteiger partial charge in [0.15, 0.2) is 0 Å². The van der Waals surface area contributed by atoms with Crippen molar-refractivity contribution in [2.24, 2.45) is 5.92 Å². The van der Waals surface area contributed by atoms with Gasteiger partial charge >= 0.3 is 0 Å². The Morgan fingerprint density at radius 1 is 1.03 bits per heavy atom. The first-order valence-electron chi connectivity index (χ1n) is 11.0. The van der Waals surface area contributed by atoms with Crippen molar-refractivity contribution in [1.29, 1.82) is 0 Å². The van der Waals surface area contributed by atoms with Crippen LogP contribution in [-0.4, -0.2) is 37.7 Å². The highest BCUT2D eigenvalue weighted by atomic mass is 32.1. The molecule has 1 fully saturated rings. The SMILES string of the molecule is Cc1ccc([C@H](c2sc3nc(C)nn3c2O)N2CCC(Cc3ccccc3)CC2)cc1. The molecule has 0 amide bonds. The fourth-order valence-electron chi connectivity index (χ4n) is 4.67. The molecule has 2 aromatic carbocycles. The van der Waals surface area contributed by atoms with Crippen molar-refractivity contribution in [3.63, 3.8) is 0 Å². The summed E-state index contributed by atoms with van der Waals surface area (Å²) in [6.07, 6.45) is 3.47. The topological polar surface area (TPSA) is 53.7 Å². The maximum absolute atomic E-state index is 11.0. The van der Waals surface area contributed by atoms with E-state index in [4.69, 9.17) is 0 Å². The van der Waals surface area contributed by atoms with Crippen LogP contribution in [0.3, 0.4) is 0 Å². The summed E-state index contributed by atoms with van der Waals surface area (Å²) < 4.78 is 1.58. The zero-order valence-electron chi connectivity index (χ0n) is 18.0. The normalized spacial score (nSPS) is 16.7. The highest BCUT2D eigenvalue weighted by Gasteiger charge is 2.32. The minimum absolute atomic E-state index is 0.0204. The molecule has 0 saturated carbocycles. The molecule has 31 heavy (non-hydrogen) atoms. The molecule has 0 bridgehead atoms. The molecule has 0 radical (unpaired) electrons. The van der Waals surface area contributed by atoms with Crippen LogP contribution < -0.4 is 0 Å². The number of benzene rings is 2. The first-order chi connectivity index (χ1) is 15.1. The van der Waals surface area contributed by atoms with E-state index in [1.165, 1.54) is 16.7 Å². The quantitative estimate of drug-likeness (QED) is 0.473. The van der Waals surface area contributed by atoms with E-state index < -0.39 is 0 Å². The predicted octanol–water partition coefficient (Wildman–Crippen LogP) is 5.16. The van der Waals surface area contributed by atoms with Gasteiger partial charge in [-0.05, 0) is 63.2 Å². The fourth-order valence-corrected chi connectivity index (χ4v) is 5.83. The average Bonchev–Trinajstić information content (AvgIpc) is 3.29. The van der Waals surface area contributed by atoms with Crippen LogP contribution in [-0.2, 0) is 6.42 Å². The Morgan fingerprint density at radius 3 is 2.42 bits per heavy atom. The molecule has 1 N–H and O–H groups in total. The van der Waals surface area contributed by atoms with Crippen LogP contribution in [0.15, 0.2) is 54.6 Å². The van der Waals surface area contributed by atoms with E-state index in [1.807, 2.05) is 6.92 Å². The van der Waals surface area contributed by atoms with E-state index in [0.29, 0.717) is 11.7 Å². The average molecular weight is 433 g/mol. The molecule has 2 aromatic heterocycles. The summed E-state index contributed by atoms with van der Waals surface area (Å²) >= 11 is 1.55. The van der Waals surface area contributed by atoms with Gasteiger partial charge in [0, 0.05) is 0 Å². The van der Waals surface area contributed by atoms with Crippen LogP contribution in [0.5, 0.6) is 5.88 Å². The minimum Gasteiger partial charge on any atom is -0.492 e. The summed E-state index contributed by atoms with van der Waals surface area (Å²) in [6.45, 7) is 6.00. The molecule has 0 unspecified atom stereocenters. The van der Waals surface area contributed by atoms with E-state index in [9.17, 15) is 5.11 Å². The molecule has 6 heteroatoms.